The predicted molar refractivity (Wildman–Crippen MR) is 109 cm³/mol. The SMILES string of the molecule is Cc1ccc(CNc2nc([C@H]3CC(=O)N(C4CCCCC4)C3)cc(=O)[nH]2)cc1. The summed E-state index contributed by atoms with van der Waals surface area (Å²) < 4.78 is 0. The van der Waals surface area contributed by atoms with Gasteiger partial charge in [-0.2, -0.15) is 0 Å². The summed E-state index contributed by atoms with van der Waals surface area (Å²) >= 11 is 0. The van der Waals surface area contributed by atoms with Crippen molar-refractivity contribution in [2.75, 3.05) is 11.9 Å². The van der Waals surface area contributed by atoms with Crippen LogP contribution >= 0.6 is 0 Å². The molecule has 1 aliphatic heterocycles. The number of aryl methyl sites for hydroxylation is 1. The normalized spacial score (nSPS) is 20.5. The van der Waals surface area contributed by atoms with E-state index in [0.717, 1.165) is 18.4 Å². The Morgan fingerprint density at radius 3 is 2.64 bits per heavy atom. The molecule has 28 heavy (non-hydrogen) atoms. The lowest BCUT2D eigenvalue weighted by Gasteiger charge is -2.31. The lowest BCUT2D eigenvalue weighted by atomic mass is 9.94. The summed E-state index contributed by atoms with van der Waals surface area (Å²) in [4.78, 5) is 34.1. The highest BCUT2D eigenvalue weighted by atomic mass is 16.2. The molecule has 0 radical (unpaired) electrons. The average Bonchev–Trinajstić information content (AvgIpc) is 3.10. The van der Waals surface area contributed by atoms with Crippen LogP contribution in [0.3, 0.4) is 0 Å². The molecule has 6 nitrogen and oxygen atoms in total. The number of hydrogen-bond donors (Lipinski definition) is 2. The highest BCUT2D eigenvalue weighted by molar-refractivity contribution is 5.80. The van der Waals surface area contributed by atoms with Gasteiger partial charge in [-0.25, -0.2) is 4.98 Å². The van der Waals surface area contributed by atoms with Gasteiger partial charge in [0.15, 0.2) is 0 Å². The summed E-state index contributed by atoms with van der Waals surface area (Å²) in [5, 5.41) is 3.21. The van der Waals surface area contributed by atoms with E-state index in [9.17, 15) is 9.59 Å². The molecule has 6 heteroatoms. The molecular weight excluding hydrogens is 352 g/mol. The minimum atomic E-state index is -0.181. The third-order valence-electron chi connectivity index (χ3n) is 5.93. The Hall–Kier alpha value is -2.63. The fourth-order valence-corrected chi connectivity index (χ4v) is 4.34. The van der Waals surface area contributed by atoms with E-state index in [4.69, 9.17) is 0 Å². The number of rotatable bonds is 5. The molecular formula is C22H28N4O2. The topological polar surface area (TPSA) is 78.1 Å². The maximum Gasteiger partial charge on any atom is 0.252 e. The number of hydrogen-bond acceptors (Lipinski definition) is 4. The van der Waals surface area contributed by atoms with Gasteiger partial charge in [0, 0.05) is 37.5 Å². The number of nitrogens with one attached hydrogen (secondary N) is 2. The Bertz CT molecular complexity index is 884. The van der Waals surface area contributed by atoms with Gasteiger partial charge in [0.1, 0.15) is 0 Å². The summed E-state index contributed by atoms with van der Waals surface area (Å²) in [6, 6.07) is 10.2. The number of likely N-dealkylation sites (tertiary alicyclic amines) is 1. The van der Waals surface area contributed by atoms with Crippen LogP contribution in [-0.4, -0.2) is 33.4 Å². The van der Waals surface area contributed by atoms with E-state index in [-0.39, 0.29) is 17.4 Å². The zero-order valence-electron chi connectivity index (χ0n) is 16.4. The summed E-state index contributed by atoms with van der Waals surface area (Å²) in [6.07, 6.45) is 6.33. The number of H-pyrrole nitrogens is 1. The van der Waals surface area contributed by atoms with Crippen molar-refractivity contribution in [2.24, 2.45) is 0 Å². The van der Waals surface area contributed by atoms with E-state index in [0.29, 0.717) is 37.2 Å². The Morgan fingerprint density at radius 1 is 1.14 bits per heavy atom. The molecule has 2 fully saturated rings. The molecule has 148 valence electrons. The van der Waals surface area contributed by atoms with E-state index >= 15 is 0 Å². The monoisotopic (exact) mass is 380 g/mol. The van der Waals surface area contributed by atoms with Crippen molar-refractivity contribution in [1.29, 1.82) is 0 Å². The Labute approximate surface area is 165 Å². The third kappa shape index (κ3) is 4.26. The molecule has 2 N–H and O–H groups in total. The maximum atomic E-state index is 12.6. The highest BCUT2D eigenvalue weighted by Crippen LogP contribution is 2.32. The van der Waals surface area contributed by atoms with Crippen molar-refractivity contribution in [3.63, 3.8) is 0 Å². The van der Waals surface area contributed by atoms with Crippen molar-refractivity contribution in [2.45, 2.75) is 64.0 Å². The quantitative estimate of drug-likeness (QED) is 0.834. The molecule has 1 aromatic carbocycles. The maximum absolute atomic E-state index is 12.6. The number of benzene rings is 1. The number of nitrogens with zero attached hydrogens (tertiary/aromatic N) is 2. The number of aromatic nitrogens is 2. The van der Waals surface area contributed by atoms with Crippen molar-refractivity contribution >= 4 is 11.9 Å². The average molecular weight is 380 g/mol. The highest BCUT2D eigenvalue weighted by Gasteiger charge is 2.36. The van der Waals surface area contributed by atoms with Gasteiger partial charge in [-0.15, -0.1) is 0 Å². The minimum Gasteiger partial charge on any atom is -0.352 e. The van der Waals surface area contributed by atoms with E-state index in [1.807, 2.05) is 4.90 Å². The second-order valence-electron chi connectivity index (χ2n) is 8.10. The first kappa shape index (κ1) is 18.7. The van der Waals surface area contributed by atoms with Gasteiger partial charge in [0.05, 0.1) is 5.69 Å². The zero-order valence-corrected chi connectivity index (χ0v) is 16.4. The Kier molecular flexibility index (Phi) is 5.46. The molecule has 2 aromatic rings. The second kappa shape index (κ2) is 8.17. The molecule has 0 bridgehead atoms. The number of aromatic amines is 1. The van der Waals surface area contributed by atoms with E-state index in [2.05, 4.69) is 46.5 Å². The fourth-order valence-electron chi connectivity index (χ4n) is 4.34. The van der Waals surface area contributed by atoms with Gasteiger partial charge in [0.2, 0.25) is 11.9 Å². The van der Waals surface area contributed by atoms with Crippen LogP contribution in [0.4, 0.5) is 5.95 Å². The van der Waals surface area contributed by atoms with Gasteiger partial charge >= 0.3 is 0 Å². The van der Waals surface area contributed by atoms with Gasteiger partial charge in [-0.1, -0.05) is 49.1 Å². The van der Waals surface area contributed by atoms with Gasteiger partial charge < -0.3 is 10.2 Å². The van der Waals surface area contributed by atoms with Crippen LogP contribution in [0.2, 0.25) is 0 Å². The van der Waals surface area contributed by atoms with Crippen LogP contribution in [0, 0.1) is 6.92 Å². The number of amides is 1. The molecule has 1 aliphatic carbocycles. The first-order valence-corrected chi connectivity index (χ1v) is 10.3. The molecule has 1 saturated carbocycles. The molecule has 2 aliphatic rings. The molecule has 1 amide bonds. The lowest BCUT2D eigenvalue weighted by molar-refractivity contribution is -0.130. The smallest absolute Gasteiger partial charge is 0.252 e. The minimum absolute atomic E-state index is 0.00310. The third-order valence-corrected chi connectivity index (χ3v) is 5.93. The van der Waals surface area contributed by atoms with Crippen molar-refractivity contribution in [3.05, 3.63) is 57.5 Å². The van der Waals surface area contributed by atoms with E-state index < -0.39 is 0 Å². The Morgan fingerprint density at radius 2 is 1.89 bits per heavy atom. The first-order chi connectivity index (χ1) is 13.6. The molecule has 2 heterocycles. The lowest BCUT2D eigenvalue weighted by Crippen LogP contribution is -2.37. The van der Waals surface area contributed by atoms with Gasteiger partial charge in [0.25, 0.3) is 5.56 Å². The van der Waals surface area contributed by atoms with Crippen LogP contribution in [0.5, 0.6) is 0 Å². The summed E-state index contributed by atoms with van der Waals surface area (Å²) in [5.41, 5.74) is 2.87. The summed E-state index contributed by atoms with van der Waals surface area (Å²) in [7, 11) is 0. The molecule has 0 unspecified atom stereocenters. The molecule has 4 rings (SSSR count). The first-order valence-electron chi connectivity index (χ1n) is 10.3. The predicted octanol–water partition coefficient (Wildman–Crippen LogP) is 3.34. The van der Waals surface area contributed by atoms with Gasteiger partial charge in [-0.05, 0) is 25.3 Å². The van der Waals surface area contributed by atoms with Crippen LogP contribution in [0.25, 0.3) is 0 Å². The zero-order chi connectivity index (χ0) is 19.5. The van der Waals surface area contributed by atoms with E-state index in [1.54, 1.807) is 6.07 Å². The molecule has 0 spiro atoms. The largest absolute Gasteiger partial charge is 0.352 e. The summed E-state index contributed by atoms with van der Waals surface area (Å²) in [6.45, 7) is 3.32. The fraction of sp³-hybridized carbons (Fsp3) is 0.500. The standard InChI is InChI=1S/C22H28N4O2/c1-15-7-9-16(10-8-15)13-23-22-24-19(12-20(27)25-22)17-11-21(28)26(14-17)18-5-3-2-4-6-18/h7-10,12,17-18H,2-6,11,13-14H2,1H3,(H2,23,24,25,27)/t17-/m0/s1. The Balaban J connectivity index is 1.45. The van der Waals surface area contributed by atoms with Crippen LogP contribution in [0.1, 0.15) is 61.3 Å². The van der Waals surface area contributed by atoms with Gasteiger partial charge in [-0.3, -0.25) is 14.6 Å². The van der Waals surface area contributed by atoms with Crippen LogP contribution in [-0.2, 0) is 11.3 Å². The number of carbonyl (C=O) groups excluding carboxylic acids is 1. The van der Waals surface area contributed by atoms with Crippen LogP contribution < -0.4 is 10.9 Å². The van der Waals surface area contributed by atoms with Crippen molar-refractivity contribution < 1.29 is 4.79 Å². The molecule has 1 aromatic heterocycles. The van der Waals surface area contributed by atoms with Crippen molar-refractivity contribution in [3.8, 4) is 0 Å². The molecule has 1 saturated heterocycles. The second-order valence-corrected chi connectivity index (χ2v) is 8.10. The number of carbonyl (C=O) groups is 1. The molecule has 1 atom stereocenters. The van der Waals surface area contributed by atoms with Crippen molar-refractivity contribution in [1.82, 2.24) is 14.9 Å². The number of anilines is 1. The van der Waals surface area contributed by atoms with E-state index in [1.165, 1.54) is 24.8 Å². The summed E-state index contributed by atoms with van der Waals surface area (Å²) in [5.74, 6) is 0.663. The van der Waals surface area contributed by atoms with Crippen LogP contribution in [0.15, 0.2) is 35.1 Å².